The van der Waals surface area contributed by atoms with Crippen molar-refractivity contribution in [3.63, 3.8) is 0 Å². The number of hydrogen-bond acceptors (Lipinski definition) is 3. The second-order valence-electron chi connectivity index (χ2n) is 12.0. The first-order valence-electron chi connectivity index (χ1n) is 13.1. The number of aliphatic hydroxyl groups excluding tert-OH is 1. The Morgan fingerprint density at radius 2 is 1.84 bits per heavy atom. The molecule has 4 fully saturated rings. The lowest BCUT2D eigenvalue weighted by molar-refractivity contribution is -0.130. The van der Waals surface area contributed by atoms with Gasteiger partial charge in [0.15, 0.2) is 5.78 Å². The third-order valence-electron chi connectivity index (χ3n) is 10.4. The number of ketones is 1. The van der Waals surface area contributed by atoms with Gasteiger partial charge in [-0.25, -0.2) is 0 Å². The number of aromatic nitrogens is 2. The smallest absolute Gasteiger partial charge is 0.165 e. The first kappa shape index (κ1) is 20.9. The van der Waals surface area contributed by atoms with Gasteiger partial charge >= 0.3 is 0 Å². The highest BCUT2D eigenvalue weighted by Gasteiger charge is 2.59. The van der Waals surface area contributed by atoms with Crippen LogP contribution in [0.5, 0.6) is 0 Å². The summed E-state index contributed by atoms with van der Waals surface area (Å²) in [6.45, 7) is 4.72. The van der Waals surface area contributed by atoms with Crippen LogP contribution in [0.2, 0.25) is 0 Å². The largest absolute Gasteiger partial charge is 0.393 e. The zero-order chi connectivity index (χ0) is 22.1. The van der Waals surface area contributed by atoms with Crippen LogP contribution in [-0.4, -0.2) is 26.8 Å². The van der Waals surface area contributed by atoms with E-state index in [0.29, 0.717) is 29.6 Å². The lowest BCUT2D eigenvalue weighted by Crippen LogP contribution is -2.50. The molecule has 1 aromatic heterocycles. The molecular formula is C28H38N2O2. The van der Waals surface area contributed by atoms with Crippen LogP contribution in [0.4, 0.5) is 0 Å². The highest BCUT2D eigenvalue weighted by atomic mass is 16.3. The molecule has 1 N–H and O–H groups in total. The van der Waals surface area contributed by atoms with Gasteiger partial charge in [0.1, 0.15) is 0 Å². The Morgan fingerprint density at radius 1 is 1.06 bits per heavy atom. The Kier molecular flexibility index (Phi) is 4.84. The summed E-state index contributed by atoms with van der Waals surface area (Å²) in [5.41, 5.74) is 3.68. The predicted octanol–water partition coefficient (Wildman–Crippen LogP) is 5.88. The molecule has 0 bridgehead atoms. The number of fused-ring (bicyclic) bond motifs is 5. The summed E-state index contributed by atoms with van der Waals surface area (Å²) in [6, 6.07) is 2.59. The van der Waals surface area contributed by atoms with E-state index >= 15 is 0 Å². The molecule has 1 heterocycles. The topological polar surface area (TPSA) is 55.1 Å². The van der Waals surface area contributed by atoms with Crippen molar-refractivity contribution in [2.24, 2.45) is 28.6 Å². The number of carbonyl (C=O) groups excluding carboxylic acids is 1. The average molecular weight is 435 g/mol. The molecule has 0 aromatic carbocycles. The highest BCUT2D eigenvalue weighted by molar-refractivity contribution is 6.05. The van der Waals surface area contributed by atoms with Crippen LogP contribution in [0.3, 0.4) is 0 Å². The van der Waals surface area contributed by atoms with E-state index in [4.69, 9.17) is 0 Å². The Morgan fingerprint density at radius 3 is 2.66 bits per heavy atom. The summed E-state index contributed by atoms with van der Waals surface area (Å²) in [6.07, 6.45) is 18.4. The maximum atomic E-state index is 13.8. The van der Waals surface area contributed by atoms with Crippen LogP contribution >= 0.6 is 0 Å². The molecule has 0 aliphatic heterocycles. The number of nitrogens with zero attached hydrogens (tertiary/aromatic N) is 2. The van der Waals surface area contributed by atoms with E-state index in [-0.39, 0.29) is 16.9 Å². The van der Waals surface area contributed by atoms with Crippen molar-refractivity contribution < 1.29 is 9.90 Å². The first-order valence-corrected chi connectivity index (χ1v) is 13.1. The highest BCUT2D eigenvalue weighted by Crippen LogP contribution is 2.64. The lowest BCUT2D eigenvalue weighted by atomic mass is 9.48. The minimum absolute atomic E-state index is 0.160. The summed E-state index contributed by atoms with van der Waals surface area (Å²) >= 11 is 0. The first-order chi connectivity index (χ1) is 15.4. The Balaban J connectivity index is 1.31. The molecule has 0 spiro atoms. The monoisotopic (exact) mass is 434 g/mol. The fourth-order valence-electron chi connectivity index (χ4n) is 8.51. The van der Waals surface area contributed by atoms with Gasteiger partial charge in [-0.05, 0) is 98.7 Å². The van der Waals surface area contributed by atoms with Gasteiger partial charge in [-0.15, -0.1) is 0 Å². The van der Waals surface area contributed by atoms with Gasteiger partial charge in [-0.3, -0.25) is 9.48 Å². The molecule has 4 saturated carbocycles. The average Bonchev–Trinajstić information content (AvgIpc) is 3.50. The van der Waals surface area contributed by atoms with Gasteiger partial charge in [-0.2, -0.15) is 5.10 Å². The molecule has 6 unspecified atom stereocenters. The SMILES string of the molecule is CC12CCC3C(CC=C4CC(O)CCC43C)C1C/C(=C\c1ccnn1C1CCCC1)C2=O. The van der Waals surface area contributed by atoms with Crippen molar-refractivity contribution in [3.05, 3.63) is 35.2 Å². The second-order valence-corrected chi connectivity index (χ2v) is 12.0. The zero-order valence-electron chi connectivity index (χ0n) is 19.7. The molecule has 0 radical (unpaired) electrons. The molecule has 32 heavy (non-hydrogen) atoms. The summed E-state index contributed by atoms with van der Waals surface area (Å²) in [4.78, 5) is 13.8. The Hall–Kier alpha value is -1.68. The van der Waals surface area contributed by atoms with E-state index in [2.05, 4.69) is 41.8 Å². The van der Waals surface area contributed by atoms with Crippen molar-refractivity contribution in [2.75, 3.05) is 0 Å². The van der Waals surface area contributed by atoms with E-state index < -0.39 is 0 Å². The van der Waals surface area contributed by atoms with E-state index in [1.807, 2.05) is 6.20 Å². The minimum Gasteiger partial charge on any atom is -0.393 e. The molecule has 5 aliphatic rings. The van der Waals surface area contributed by atoms with Crippen LogP contribution < -0.4 is 0 Å². The van der Waals surface area contributed by atoms with Gasteiger partial charge in [0, 0.05) is 11.6 Å². The van der Waals surface area contributed by atoms with Gasteiger partial charge in [-0.1, -0.05) is 38.3 Å². The van der Waals surface area contributed by atoms with Crippen molar-refractivity contribution >= 4 is 11.9 Å². The van der Waals surface area contributed by atoms with Crippen LogP contribution in [0, 0.1) is 28.6 Å². The molecule has 4 nitrogen and oxygen atoms in total. The normalized spacial score (nSPS) is 43.2. The maximum Gasteiger partial charge on any atom is 0.165 e. The summed E-state index contributed by atoms with van der Waals surface area (Å²) < 4.78 is 2.18. The summed E-state index contributed by atoms with van der Waals surface area (Å²) in [5, 5.41) is 14.9. The number of aliphatic hydroxyl groups is 1. The standard InChI is InChI=1S/C28H38N2O2/c1-27-12-9-22(31)17-19(27)7-8-23-24(27)10-13-28(2)25(23)16-18(26(28)32)15-21-11-14-29-30(21)20-5-3-4-6-20/h7,11,14-15,20,22-25,31H,3-6,8-10,12-13,16-17H2,1-2H3/b18-15+. The van der Waals surface area contributed by atoms with E-state index in [0.717, 1.165) is 56.2 Å². The van der Waals surface area contributed by atoms with E-state index in [1.54, 1.807) is 0 Å². The quantitative estimate of drug-likeness (QED) is 0.467. The van der Waals surface area contributed by atoms with Crippen molar-refractivity contribution in [2.45, 2.75) is 96.6 Å². The number of carbonyl (C=O) groups is 1. The molecule has 0 saturated heterocycles. The van der Waals surface area contributed by atoms with Gasteiger partial charge in [0.05, 0.1) is 17.8 Å². The molecule has 4 heteroatoms. The lowest BCUT2D eigenvalue weighted by Gasteiger charge is -2.56. The van der Waals surface area contributed by atoms with Crippen LogP contribution in [0.25, 0.3) is 6.08 Å². The second kappa shape index (κ2) is 7.41. The Bertz CT molecular complexity index is 983. The molecule has 6 atom stereocenters. The Labute approximate surface area is 192 Å². The van der Waals surface area contributed by atoms with E-state index in [1.165, 1.54) is 31.3 Å². The van der Waals surface area contributed by atoms with Crippen LogP contribution in [0.1, 0.15) is 96.2 Å². The van der Waals surface area contributed by atoms with Crippen molar-refractivity contribution in [3.8, 4) is 0 Å². The predicted molar refractivity (Wildman–Crippen MR) is 126 cm³/mol. The number of Topliss-reactive ketones (excluding diaryl/α,β-unsaturated/α-hetero) is 1. The molecular weight excluding hydrogens is 396 g/mol. The zero-order valence-corrected chi connectivity index (χ0v) is 19.7. The molecule has 6 rings (SSSR count). The molecule has 5 aliphatic carbocycles. The number of rotatable bonds is 2. The van der Waals surface area contributed by atoms with Crippen LogP contribution in [-0.2, 0) is 4.79 Å². The van der Waals surface area contributed by atoms with Gasteiger partial charge in [0.25, 0.3) is 0 Å². The van der Waals surface area contributed by atoms with Crippen molar-refractivity contribution in [1.29, 1.82) is 0 Å². The summed E-state index contributed by atoms with van der Waals surface area (Å²) in [7, 11) is 0. The molecule has 0 amide bonds. The molecule has 172 valence electrons. The number of hydrogen-bond donors (Lipinski definition) is 1. The fourth-order valence-corrected chi connectivity index (χ4v) is 8.51. The van der Waals surface area contributed by atoms with E-state index in [9.17, 15) is 9.90 Å². The molecule has 1 aromatic rings. The number of allylic oxidation sites excluding steroid dienone is 2. The summed E-state index contributed by atoms with van der Waals surface area (Å²) in [5.74, 6) is 2.10. The van der Waals surface area contributed by atoms with Gasteiger partial charge in [0.2, 0.25) is 0 Å². The van der Waals surface area contributed by atoms with Gasteiger partial charge < -0.3 is 5.11 Å². The third kappa shape index (κ3) is 2.97. The fraction of sp³-hybridized carbons (Fsp3) is 0.714. The minimum atomic E-state index is -0.207. The van der Waals surface area contributed by atoms with Crippen molar-refractivity contribution in [1.82, 2.24) is 9.78 Å². The maximum absolute atomic E-state index is 13.8. The van der Waals surface area contributed by atoms with Crippen LogP contribution in [0.15, 0.2) is 29.5 Å². The third-order valence-corrected chi connectivity index (χ3v) is 10.4.